The lowest BCUT2D eigenvalue weighted by Crippen LogP contribution is -2.56. The highest BCUT2D eigenvalue weighted by Crippen LogP contribution is 2.33. The van der Waals surface area contributed by atoms with Gasteiger partial charge in [0, 0.05) is 51.5 Å². The molecule has 0 aliphatic carbocycles. The van der Waals surface area contributed by atoms with E-state index in [0.29, 0.717) is 60.0 Å². The van der Waals surface area contributed by atoms with Crippen LogP contribution in [-0.4, -0.2) is 91.3 Å². The van der Waals surface area contributed by atoms with Crippen LogP contribution in [0.25, 0.3) is 28.3 Å². The molecule has 0 saturated carbocycles. The molecule has 6 aromatic rings. The zero-order valence-electron chi connectivity index (χ0n) is 25.2. The highest BCUT2D eigenvalue weighted by Gasteiger charge is 2.43. The molecule has 2 amide bonds. The molecule has 2 N–H and O–H groups in total. The Bertz CT molecular complexity index is 2010. The second kappa shape index (κ2) is 10.8. The summed E-state index contributed by atoms with van der Waals surface area (Å²) in [5, 5.41) is 9.81. The summed E-state index contributed by atoms with van der Waals surface area (Å²) in [6, 6.07) is 20.7. The normalized spacial score (nSPS) is 15.0. The number of benzene rings is 2. The van der Waals surface area contributed by atoms with Crippen molar-refractivity contribution in [2.45, 2.75) is 12.5 Å². The summed E-state index contributed by atoms with van der Waals surface area (Å²) >= 11 is 0. The van der Waals surface area contributed by atoms with Crippen LogP contribution in [0.1, 0.15) is 22.8 Å². The van der Waals surface area contributed by atoms with Crippen LogP contribution >= 0.6 is 0 Å². The van der Waals surface area contributed by atoms with Crippen molar-refractivity contribution in [1.82, 2.24) is 39.2 Å². The third-order valence-electron chi connectivity index (χ3n) is 8.40. The fourth-order valence-electron chi connectivity index (χ4n) is 5.89. The molecule has 1 atom stereocenters. The average molecular weight is 605 g/mol. The molecule has 7 rings (SSSR count). The van der Waals surface area contributed by atoms with Gasteiger partial charge in [0.05, 0.1) is 17.8 Å². The van der Waals surface area contributed by atoms with E-state index in [2.05, 4.69) is 20.0 Å². The van der Waals surface area contributed by atoms with Crippen molar-refractivity contribution < 1.29 is 14.0 Å². The number of carbonyl (C=O) groups is 2. The summed E-state index contributed by atoms with van der Waals surface area (Å²) in [6.45, 7) is 4.16. The molecule has 4 aromatic heterocycles. The number of amides is 2. The molecule has 1 fully saturated rings. The molecule has 13 heteroatoms. The first-order valence-electron chi connectivity index (χ1n) is 14.6. The first-order valence-corrected chi connectivity index (χ1v) is 14.6. The number of nitrogen functional groups attached to an aromatic ring is 1. The van der Waals surface area contributed by atoms with Crippen molar-refractivity contribution in [2.75, 3.05) is 50.9 Å². The van der Waals surface area contributed by atoms with Crippen LogP contribution in [0.2, 0.25) is 0 Å². The van der Waals surface area contributed by atoms with Gasteiger partial charge in [-0.1, -0.05) is 30.3 Å². The van der Waals surface area contributed by atoms with Gasteiger partial charge >= 0.3 is 0 Å². The Balaban J connectivity index is 1.22. The van der Waals surface area contributed by atoms with Gasteiger partial charge in [-0.05, 0) is 48.9 Å². The molecule has 0 spiro atoms. The fraction of sp³-hybridized carbons (Fsp3) is 0.250. The number of fused-ring (bicyclic) bond motifs is 3. The Morgan fingerprint density at radius 3 is 2.31 bits per heavy atom. The number of nitrogens with two attached hydrogens (primary N) is 1. The van der Waals surface area contributed by atoms with Gasteiger partial charge in [0.25, 0.3) is 11.8 Å². The van der Waals surface area contributed by atoms with E-state index < -0.39 is 5.54 Å². The lowest BCUT2D eigenvalue weighted by atomic mass is 9.90. The van der Waals surface area contributed by atoms with E-state index in [1.807, 2.05) is 66.4 Å². The standard InChI is InChI=1S/C32H32N10O3/c1-32(22-8-5-4-6-9-22,30(44)40-17-15-39(16-18-40)23-13-11-21(12-14-23)29(43)38(2)3)42-28-24(20-34-42)27-35-26(25-10-7-19-45-25)37-41(27)31(33)36-28/h4-14,19-20H,15-18H2,1-3H3,(H2,33,36). The first-order chi connectivity index (χ1) is 21.8. The monoisotopic (exact) mass is 604 g/mol. The smallest absolute Gasteiger partial charge is 0.255 e. The quantitative estimate of drug-likeness (QED) is 0.303. The molecule has 1 saturated heterocycles. The van der Waals surface area contributed by atoms with Crippen molar-refractivity contribution in [2.24, 2.45) is 0 Å². The second-order valence-corrected chi connectivity index (χ2v) is 11.4. The lowest BCUT2D eigenvalue weighted by molar-refractivity contribution is -0.138. The Hall–Kier alpha value is -5.72. The largest absolute Gasteiger partial charge is 0.461 e. The highest BCUT2D eigenvalue weighted by molar-refractivity contribution is 5.95. The van der Waals surface area contributed by atoms with Gasteiger partial charge in [0.1, 0.15) is 0 Å². The van der Waals surface area contributed by atoms with Crippen LogP contribution in [0.5, 0.6) is 0 Å². The van der Waals surface area contributed by atoms with E-state index >= 15 is 0 Å². The van der Waals surface area contributed by atoms with Crippen molar-refractivity contribution in [3.8, 4) is 11.6 Å². The third-order valence-corrected chi connectivity index (χ3v) is 8.40. The van der Waals surface area contributed by atoms with Crippen molar-refractivity contribution >= 4 is 40.1 Å². The average Bonchev–Trinajstić information content (AvgIpc) is 3.85. The highest BCUT2D eigenvalue weighted by atomic mass is 16.3. The number of piperazine rings is 1. The maximum absolute atomic E-state index is 14.6. The molecule has 5 heterocycles. The van der Waals surface area contributed by atoms with Gasteiger partial charge < -0.3 is 24.9 Å². The van der Waals surface area contributed by atoms with E-state index in [-0.39, 0.29) is 17.8 Å². The van der Waals surface area contributed by atoms with E-state index in [9.17, 15) is 9.59 Å². The molecule has 1 aliphatic rings. The van der Waals surface area contributed by atoms with Crippen molar-refractivity contribution in [1.29, 1.82) is 0 Å². The minimum Gasteiger partial charge on any atom is -0.461 e. The van der Waals surface area contributed by atoms with E-state index in [0.717, 1.165) is 11.3 Å². The molecule has 2 aromatic carbocycles. The van der Waals surface area contributed by atoms with Gasteiger partial charge in [0.2, 0.25) is 11.8 Å². The molecule has 0 bridgehead atoms. The minimum atomic E-state index is -1.24. The fourth-order valence-corrected chi connectivity index (χ4v) is 5.89. The molecular formula is C32H32N10O3. The maximum Gasteiger partial charge on any atom is 0.255 e. The summed E-state index contributed by atoms with van der Waals surface area (Å²) in [6.07, 6.45) is 3.20. The van der Waals surface area contributed by atoms with Crippen LogP contribution in [0.4, 0.5) is 11.6 Å². The van der Waals surface area contributed by atoms with E-state index in [1.54, 1.807) is 48.3 Å². The zero-order chi connectivity index (χ0) is 31.3. The number of hydrogen-bond acceptors (Lipinski definition) is 9. The number of aromatic nitrogens is 6. The molecule has 228 valence electrons. The number of carbonyl (C=O) groups excluding carboxylic acids is 2. The summed E-state index contributed by atoms with van der Waals surface area (Å²) in [5.74, 6) is 0.831. The van der Waals surface area contributed by atoms with Crippen LogP contribution < -0.4 is 10.6 Å². The maximum atomic E-state index is 14.6. The lowest BCUT2D eigenvalue weighted by Gasteiger charge is -2.40. The first kappa shape index (κ1) is 28.1. The Kier molecular flexibility index (Phi) is 6.72. The summed E-state index contributed by atoms with van der Waals surface area (Å²) in [7, 11) is 3.47. The predicted molar refractivity (Wildman–Crippen MR) is 169 cm³/mol. The van der Waals surface area contributed by atoms with Gasteiger partial charge in [-0.25, -0.2) is 9.67 Å². The van der Waals surface area contributed by atoms with Gasteiger partial charge in [-0.3, -0.25) is 9.59 Å². The number of rotatable bonds is 6. The summed E-state index contributed by atoms with van der Waals surface area (Å²) in [5.41, 5.74) is 8.44. The Morgan fingerprint density at radius 1 is 0.911 bits per heavy atom. The SMILES string of the molecule is CN(C)C(=O)c1ccc(N2CCN(C(=O)C(C)(c3ccccc3)n3ncc4c3nc(N)n3nc(-c5ccco5)nc43)CC2)cc1. The molecule has 1 unspecified atom stereocenters. The summed E-state index contributed by atoms with van der Waals surface area (Å²) < 4.78 is 8.58. The van der Waals surface area contributed by atoms with E-state index in [1.165, 1.54) is 4.52 Å². The van der Waals surface area contributed by atoms with Crippen LogP contribution in [0, 0.1) is 0 Å². The molecule has 13 nitrogen and oxygen atoms in total. The molecule has 0 radical (unpaired) electrons. The second-order valence-electron chi connectivity index (χ2n) is 11.4. The van der Waals surface area contributed by atoms with Gasteiger partial charge in [0.15, 0.2) is 22.6 Å². The number of nitrogens with zero attached hydrogens (tertiary/aromatic N) is 9. The third kappa shape index (κ3) is 4.63. The van der Waals surface area contributed by atoms with Gasteiger partial charge in [-0.2, -0.15) is 14.6 Å². The van der Waals surface area contributed by atoms with Gasteiger partial charge in [-0.15, -0.1) is 5.10 Å². The molecular weight excluding hydrogens is 572 g/mol. The number of anilines is 2. The van der Waals surface area contributed by atoms with Crippen LogP contribution in [-0.2, 0) is 10.3 Å². The Morgan fingerprint density at radius 2 is 1.64 bits per heavy atom. The van der Waals surface area contributed by atoms with Crippen LogP contribution in [0.3, 0.4) is 0 Å². The topological polar surface area (TPSA) is 144 Å². The zero-order valence-corrected chi connectivity index (χ0v) is 25.2. The predicted octanol–water partition coefficient (Wildman–Crippen LogP) is 3.13. The van der Waals surface area contributed by atoms with Crippen LogP contribution in [0.15, 0.2) is 83.6 Å². The minimum absolute atomic E-state index is 0.0396. The van der Waals surface area contributed by atoms with E-state index in [4.69, 9.17) is 15.2 Å². The number of furan rings is 1. The number of hydrogen-bond donors (Lipinski definition) is 1. The molecule has 1 aliphatic heterocycles. The Labute approximate surface area is 258 Å². The summed E-state index contributed by atoms with van der Waals surface area (Å²) in [4.78, 5) is 41.9. The van der Waals surface area contributed by atoms with Crippen molar-refractivity contribution in [3.05, 3.63) is 90.3 Å². The van der Waals surface area contributed by atoms with Crippen molar-refractivity contribution in [3.63, 3.8) is 0 Å². The molecule has 45 heavy (non-hydrogen) atoms.